The van der Waals surface area contributed by atoms with Crippen LogP contribution >= 0.6 is 11.6 Å². The van der Waals surface area contributed by atoms with Gasteiger partial charge in [-0.05, 0) is 17.7 Å². The van der Waals surface area contributed by atoms with Gasteiger partial charge in [-0.3, -0.25) is 14.7 Å². The minimum absolute atomic E-state index is 0.133. The maximum Gasteiger partial charge on any atom is 0.281 e. The van der Waals surface area contributed by atoms with Crippen molar-refractivity contribution < 1.29 is 4.74 Å². The molecular formula is C21H18ClN3O3. The Morgan fingerprint density at radius 1 is 1.00 bits per heavy atom. The largest absolute Gasteiger partial charge is 0.371 e. The molecule has 28 heavy (non-hydrogen) atoms. The van der Waals surface area contributed by atoms with Crippen LogP contribution in [0.15, 0.2) is 70.3 Å². The molecule has 0 saturated heterocycles. The number of pyridine rings is 1. The molecule has 4 aromatic rings. The van der Waals surface area contributed by atoms with Crippen LogP contribution in [0.4, 0.5) is 0 Å². The van der Waals surface area contributed by atoms with Crippen molar-refractivity contribution in [3.63, 3.8) is 0 Å². The number of rotatable bonds is 5. The number of nitrogens with one attached hydrogen (secondary N) is 1. The van der Waals surface area contributed by atoms with E-state index in [9.17, 15) is 9.59 Å². The van der Waals surface area contributed by atoms with Crippen LogP contribution < -0.4 is 11.1 Å². The van der Waals surface area contributed by atoms with Crippen LogP contribution in [-0.2, 0) is 25.0 Å². The number of para-hydroxylation sites is 1. The molecule has 0 unspecified atom stereocenters. The van der Waals surface area contributed by atoms with E-state index in [1.807, 2.05) is 30.3 Å². The zero-order chi connectivity index (χ0) is 19.7. The van der Waals surface area contributed by atoms with Gasteiger partial charge in [0, 0.05) is 13.1 Å². The average molecular weight is 396 g/mol. The number of benzene rings is 2. The molecule has 2 heterocycles. The Bertz CT molecular complexity index is 1260. The Hall–Kier alpha value is -3.09. The summed E-state index contributed by atoms with van der Waals surface area (Å²) in [6.07, 6.45) is 0. The first-order valence-electron chi connectivity index (χ1n) is 8.76. The van der Waals surface area contributed by atoms with E-state index in [0.717, 1.165) is 5.56 Å². The molecular weight excluding hydrogens is 378 g/mol. The molecule has 142 valence electrons. The van der Waals surface area contributed by atoms with Crippen LogP contribution in [0.25, 0.3) is 16.6 Å². The Balaban J connectivity index is 1.77. The highest BCUT2D eigenvalue weighted by molar-refractivity contribution is 6.32. The predicted octanol–water partition coefficient (Wildman–Crippen LogP) is 3.39. The fraction of sp³-hybridized carbons (Fsp3) is 0.143. The van der Waals surface area contributed by atoms with Gasteiger partial charge >= 0.3 is 0 Å². The lowest BCUT2D eigenvalue weighted by atomic mass is 10.2. The second-order valence-electron chi connectivity index (χ2n) is 6.46. The molecule has 0 aliphatic heterocycles. The minimum Gasteiger partial charge on any atom is -0.371 e. The average Bonchev–Trinajstić information content (AvgIpc) is 3.02. The number of fused-ring (bicyclic) bond motifs is 1. The number of halogens is 1. The van der Waals surface area contributed by atoms with Crippen molar-refractivity contribution in [2.75, 3.05) is 0 Å². The molecule has 2 aromatic carbocycles. The number of aromatic amines is 1. The van der Waals surface area contributed by atoms with Gasteiger partial charge in [0.1, 0.15) is 0 Å². The quantitative estimate of drug-likeness (QED) is 0.563. The Kier molecular flexibility index (Phi) is 4.90. The van der Waals surface area contributed by atoms with Gasteiger partial charge in [0.05, 0.1) is 40.5 Å². The molecule has 4 rings (SSSR count). The maximum absolute atomic E-state index is 13.1. The van der Waals surface area contributed by atoms with Gasteiger partial charge in [-0.2, -0.15) is 0 Å². The summed E-state index contributed by atoms with van der Waals surface area (Å²) in [4.78, 5) is 25.5. The molecule has 0 fully saturated rings. The Morgan fingerprint density at radius 3 is 2.46 bits per heavy atom. The highest BCUT2D eigenvalue weighted by atomic mass is 35.5. The van der Waals surface area contributed by atoms with Gasteiger partial charge in [-0.1, -0.05) is 54.1 Å². The molecule has 7 heteroatoms. The third-order valence-electron chi connectivity index (χ3n) is 4.65. The van der Waals surface area contributed by atoms with E-state index >= 15 is 0 Å². The summed E-state index contributed by atoms with van der Waals surface area (Å²) in [7, 11) is 1.63. The molecule has 0 aliphatic carbocycles. The number of aromatic nitrogens is 3. The smallest absolute Gasteiger partial charge is 0.281 e. The zero-order valence-corrected chi connectivity index (χ0v) is 15.9. The van der Waals surface area contributed by atoms with Crippen molar-refractivity contribution in [3.05, 3.63) is 97.7 Å². The lowest BCUT2D eigenvalue weighted by molar-refractivity contribution is 0.103. The summed E-state index contributed by atoms with van der Waals surface area (Å²) in [5, 5.41) is 3.84. The first kappa shape index (κ1) is 18.3. The summed E-state index contributed by atoms with van der Waals surface area (Å²) in [5.41, 5.74) is 2.01. The summed E-state index contributed by atoms with van der Waals surface area (Å²) < 4.78 is 8.59. The van der Waals surface area contributed by atoms with E-state index in [4.69, 9.17) is 16.3 Å². The fourth-order valence-electron chi connectivity index (χ4n) is 3.17. The van der Waals surface area contributed by atoms with E-state index in [2.05, 4.69) is 5.10 Å². The summed E-state index contributed by atoms with van der Waals surface area (Å²) in [5.74, 6) is 0. The van der Waals surface area contributed by atoms with Crippen LogP contribution in [0.5, 0.6) is 0 Å². The molecule has 0 aliphatic rings. The minimum atomic E-state index is -0.281. The normalized spacial score (nSPS) is 11.2. The number of ether oxygens (including phenoxy) is 1. The number of H-pyrrole nitrogens is 1. The van der Waals surface area contributed by atoms with Gasteiger partial charge in [0.15, 0.2) is 0 Å². The molecule has 0 radical (unpaired) electrons. The third-order valence-corrected chi connectivity index (χ3v) is 4.97. The molecule has 0 saturated carbocycles. The highest BCUT2D eigenvalue weighted by Crippen LogP contribution is 2.20. The van der Waals surface area contributed by atoms with Crippen molar-refractivity contribution in [2.45, 2.75) is 13.2 Å². The topological polar surface area (TPSA) is 69.0 Å². The molecule has 2 aromatic heterocycles. The third kappa shape index (κ3) is 3.28. The van der Waals surface area contributed by atoms with E-state index in [-0.39, 0.29) is 17.7 Å². The molecule has 1 N–H and O–H groups in total. The van der Waals surface area contributed by atoms with E-state index in [1.54, 1.807) is 31.3 Å². The monoisotopic (exact) mass is 395 g/mol. The predicted molar refractivity (Wildman–Crippen MR) is 109 cm³/mol. The lowest BCUT2D eigenvalue weighted by Crippen LogP contribution is -2.22. The van der Waals surface area contributed by atoms with Crippen molar-refractivity contribution in [2.24, 2.45) is 7.05 Å². The summed E-state index contributed by atoms with van der Waals surface area (Å²) in [6, 6.07) is 18.2. The van der Waals surface area contributed by atoms with Crippen LogP contribution in [0.2, 0.25) is 5.02 Å². The van der Waals surface area contributed by atoms with Crippen molar-refractivity contribution in [1.82, 2.24) is 14.3 Å². The zero-order valence-electron chi connectivity index (χ0n) is 15.2. The molecule has 0 bridgehead atoms. The van der Waals surface area contributed by atoms with Crippen molar-refractivity contribution in [1.29, 1.82) is 0 Å². The fourth-order valence-corrected chi connectivity index (χ4v) is 3.39. The first-order valence-corrected chi connectivity index (χ1v) is 9.14. The number of hydrogen-bond acceptors (Lipinski definition) is 3. The van der Waals surface area contributed by atoms with Gasteiger partial charge in [-0.15, -0.1) is 0 Å². The van der Waals surface area contributed by atoms with E-state index < -0.39 is 0 Å². The lowest BCUT2D eigenvalue weighted by Gasteiger charge is -2.09. The maximum atomic E-state index is 13.1. The van der Waals surface area contributed by atoms with Gasteiger partial charge in [0.2, 0.25) is 0 Å². The first-order chi connectivity index (χ1) is 13.6. The van der Waals surface area contributed by atoms with E-state index in [0.29, 0.717) is 33.9 Å². The van der Waals surface area contributed by atoms with Crippen LogP contribution in [0.1, 0.15) is 11.3 Å². The number of hydrogen-bond donors (Lipinski definition) is 1. The van der Waals surface area contributed by atoms with Crippen molar-refractivity contribution >= 4 is 22.5 Å². The molecule has 0 atom stereocenters. The van der Waals surface area contributed by atoms with Crippen LogP contribution in [0, 0.1) is 0 Å². The van der Waals surface area contributed by atoms with Gasteiger partial charge in [0.25, 0.3) is 11.1 Å². The van der Waals surface area contributed by atoms with E-state index in [1.165, 1.54) is 15.3 Å². The van der Waals surface area contributed by atoms with Crippen LogP contribution in [-0.4, -0.2) is 14.3 Å². The second kappa shape index (κ2) is 7.50. The SMILES string of the molecule is Cn1c(COCc2ccccc2)c2c(=O)n(-c3ccccc3Cl)[nH]c2cc1=O. The second-order valence-corrected chi connectivity index (χ2v) is 6.87. The van der Waals surface area contributed by atoms with Gasteiger partial charge < -0.3 is 9.30 Å². The van der Waals surface area contributed by atoms with Crippen molar-refractivity contribution in [3.8, 4) is 5.69 Å². The molecule has 6 nitrogen and oxygen atoms in total. The van der Waals surface area contributed by atoms with Gasteiger partial charge in [-0.25, -0.2) is 4.68 Å². The molecule has 0 spiro atoms. The summed E-state index contributed by atoms with van der Waals surface area (Å²) in [6.45, 7) is 0.516. The summed E-state index contributed by atoms with van der Waals surface area (Å²) >= 11 is 6.24. The highest BCUT2D eigenvalue weighted by Gasteiger charge is 2.17. The Morgan fingerprint density at radius 2 is 1.71 bits per heavy atom. The Labute approximate surface area is 165 Å². The van der Waals surface area contributed by atoms with Crippen LogP contribution in [0.3, 0.4) is 0 Å². The standard InChI is InChI=1S/C21H18ClN3O3/c1-24-18(13-28-12-14-7-3-2-4-8-14)20-16(11-19(24)26)23-25(21(20)27)17-10-6-5-9-15(17)22/h2-11,23H,12-13H2,1H3. The molecule has 0 amide bonds. The number of nitrogens with zero attached hydrogens (tertiary/aromatic N) is 2.